The molecule has 1 aromatic heterocycles. The summed E-state index contributed by atoms with van der Waals surface area (Å²) in [6.07, 6.45) is 0. The first-order valence-electron chi connectivity index (χ1n) is 4.85. The monoisotopic (exact) mass is 247 g/mol. The maximum atomic E-state index is 12.0. The van der Waals surface area contributed by atoms with Crippen molar-refractivity contribution in [3.8, 4) is 5.88 Å². The highest BCUT2D eigenvalue weighted by Gasteiger charge is 2.16. The van der Waals surface area contributed by atoms with Crippen LogP contribution in [-0.2, 0) is 0 Å². The summed E-state index contributed by atoms with van der Waals surface area (Å²) in [6, 6.07) is 1.38. The predicted molar refractivity (Wildman–Crippen MR) is 60.4 cm³/mol. The predicted octanol–water partition coefficient (Wildman–Crippen LogP) is 2.63. The summed E-state index contributed by atoms with van der Waals surface area (Å²) in [4.78, 5) is 11.1. The van der Waals surface area contributed by atoms with Crippen LogP contribution in [0.3, 0.4) is 0 Å². The van der Waals surface area contributed by atoms with E-state index in [0.717, 1.165) is 0 Å². The Hall–Kier alpha value is -1.24. The Morgan fingerprint density at radius 1 is 1.31 bits per heavy atom. The molecule has 7 heteroatoms. The van der Waals surface area contributed by atoms with Gasteiger partial charge in [0.15, 0.2) is 0 Å². The van der Waals surface area contributed by atoms with Crippen LogP contribution >= 0.6 is 0 Å². The van der Waals surface area contributed by atoms with Crippen molar-refractivity contribution in [3.63, 3.8) is 0 Å². The molecule has 0 aromatic carbocycles. The van der Waals surface area contributed by atoms with Crippen molar-refractivity contribution in [2.75, 3.05) is 4.98 Å². The van der Waals surface area contributed by atoms with Gasteiger partial charge in [0.2, 0.25) is 11.8 Å². The van der Waals surface area contributed by atoms with Gasteiger partial charge in [-0.2, -0.15) is 13.8 Å². The lowest BCUT2D eigenvalue weighted by Crippen LogP contribution is -2.33. The van der Waals surface area contributed by atoms with Crippen molar-refractivity contribution in [1.29, 1.82) is 0 Å². The zero-order chi connectivity index (χ0) is 12.3. The molecule has 0 unspecified atom stereocenters. The van der Waals surface area contributed by atoms with Gasteiger partial charge in [-0.3, -0.25) is 0 Å². The molecule has 0 saturated heterocycles. The molecular weight excluding hydrogens is 232 g/mol. The van der Waals surface area contributed by atoms with Gasteiger partial charge >= 0.3 is 6.61 Å². The minimum Gasteiger partial charge on any atom is -0.417 e. The summed E-state index contributed by atoms with van der Waals surface area (Å²) in [6.45, 7) is 5.02. The highest BCUT2D eigenvalue weighted by atomic mass is 28.3. The molecule has 0 spiro atoms. The molecule has 1 aromatic rings. The van der Waals surface area contributed by atoms with Crippen LogP contribution < -0.4 is 9.72 Å². The fraction of sp³-hybridized carbons (Fsp3) is 0.556. The number of alkyl halides is 2. The molecular formula is C9H15F2N3OSi. The molecule has 0 bridgehead atoms. The first kappa shape index (κ1) is 12.8. The molecule has 1 rings (SSSR count). The van der Waals surface area contributed by atoms with Crippen molar-refractivity contribution < 1.29 is 13.5 Å². The second-order valence-corrected chi connectivity index (χ2v) is 9.17. The Labute approximate surface area is 94.2 Å². The molecule has 0 saturated carbocycles. The number of hydrogen-bond acceptors (Lipinski definition) is 4. The molecule has 0 radical (unpaired) electrons. The fourth-order valence-electron chi connectivity index (χ4n) is 1.08. The van der Waals surface area contributed by atoms with E-state index in [4.69, 9.17) is 0 Å². The van der Waals surface area contributed by atoms with Crippen LogP contribution in [0.25, 0.3) is 0 Å². The lowest BCUT2D eigenvalue weighted by atomic mass is 10.4. The summed E-state index contributed by atoms with van der Waals surface area (Å²) in [7, 11) is -1.60. The van der Waals surface area contributed by atoms with Gasteiger partial charge < -0.3 is 9.72 Å². The number of rotatable bonds is 4. The molecule has 0 fully saturated rings. The SMILES string of the molecule is Cc1cc(OC(F)F)nc(N[Si](C)(C)C)n1. The van der Waals surface area contributed by atoms with E-state index in [1.807, 2.05) is 0 Å². The summed E-state index contributed by atoms with van der Waals surface area (Å²) < 4.78 is 28.3. The Balaban J connectivity index is 2.90. The standard InChI is InChI=1S/C9H15F2N3OSi/c1-6-5-7(15-8(10)11)13-9(12-6)14-16(2,3)4/h5,8H,1-4H3,(H,12,13,14). The Morgan fingerprint density at radius 3 is 2.44 bits per heavy atom. The molecule has 4 nitrogen and oxygen atoms in total. The van der Waals surface area contributed by atoms with Crippen LogP contribution in [0.15, 0.2) is 6.07 Å². The molecule has 0 aliphatic carbocycles. The summed E-state index contributed by atoms with van der Waals surface area (Å²) >= 11 is 0. The van der Waals surface area contributed by atoms with E-state index in [-0.39, 0.29) is 5.88 Å². The number of ether oxygens (including phenoxy) is 1. The summed E-state index contributed by atoms with van der Waals surface area (Å²) in [5.74, 6) is 0.234. The highest BCUT2D eigenvalue weighted by molar-refractivity contribution is 6.79. The van der Waals surface area contributed by atoms with E-state index in [0.29, 0.717) is 11.6 Å². The Kier molecular flexibility index (Phi) is 3.79. The minimum atomic E-state index is -2.87. The van der Waals surface area contributed by atoms with Crippen molar-refractivity contribution in [3.05, 3.63) is 11.8 Å². The van der Waals surface area contributed by atoms with Crippen molar-refractivity contribution in [2.24, 2.45) is 0 Å². The van der Waals surface area contributed by atoms with Crippen LogP contribution in [0, 0.1) is 6.92 Å². The van der Waals surface area contributed by atoms with Gasteiger partial charge in [-0.1, -0.05) is 19.6 Å². The van der Waals surface area contributed by atoms with Crippen LogP contribution in [0.1, 0.15) is 5.69 Å². The largest absolute Gasteiger partial charge is 0.417 e. The normalized spacial score (nSPS) is 11.7. The van der Waals surface area contributed by atoms with Gasteiger partial charge in [0.25, 0.3) is 0 Å². The van der Waals surface area contributed by atoms with Gasteiger partial charge in [0.05, 0.1) is 0 Å². The maximum absolute atomic E-state index is 12.0. The number of nitrogens with zero attached hydrogens (tertiary/aromatic N) is 2. The summed E-state index contributed by atoms with van der Waals surface area (Å²) in [5, 5.41) is 0. The lowest BCUT2D eigenvalue weighted by molar-refractivity contribution is -0.0528. The van der Waals surface area contributed by atoms with E-state index in [9.17, 15) is 8.78 Å². The smallest absolute Gasteiger partial charge is 0.388 e. The van der Waals surface area contributed by atoms with E-state index in [1.165, 1.54) is 6.07 Å². The van der Waals surface area contributed by atoms with E-state index in [2.05, 4.69) is 39.3 Å². The third kappa shape index (κ3) is 4.52. The lowest BCUT2D eigenvalue weighted by Gasteiger charge is -2.18. The van der Waals surface area contributed by atoms with E-state index >= 15 is 0 Å². The van der Waals surface area contributed by atoms with Crippen LogP contribution in [-0.4, -0.2) is 24.8 Å². The van der Waals surface area contributed by atoms with Gasteiger partial charge in [-0.15, -0.1) is 0 Å². The fourth-order valence-corrected chi connectivity index (χ4v) is 1.87. The van der Waals surface area contributed by atoms with Gasteiger partial charge in [-0.25, -0.2) is 4.98 Å². The average molecular weight is 247 g/mol. The molecule has 1 N–H and O–H groups in total. The molecule has 90 valence electrons. The quantitative estimate of drug-likeness (QED) is 0.831. The molecule has 16 heavy (non-hydrogen) atoms. The molecule has 0 aliphatic rings. The number of aromatic nitrogens is 2. The molecule has 0 amide bonds. The second-order valence-electron chi connectivity index (χ2n) is 4.42. The van der Waals surface area contributed by atoms with Crippen molar-refractivity contribution in [2.45, 2.75) is 33.2 Å². The van der Waals surface area contributed by atoms with E-state index < -0.39 is 14.8 Å². The first-order valence-corrected chi connectivity index (χ1v) is 8.35. The third-order valence-corrected chi connectivity index (χ3v) is 2.50. The van der Waals surface area contributed by atoms with Crippen LogP contribution in [0.2, 0.25) is 19.6 Å². The summed E-state index contributed by atoms with van der Waals surface area (Å²) in [5.41, 5.74) is 0.589. The Bertz CT molecular complexity index is 368. The van der Waals surface area contributed by atoms with Crippen molar-refractivity contribution in [1.82, 2.24) is 9.97 Å². The molecule has 0 atom stereocenters. The van der Waals surface area contributed by atoms with E-state index in [1.54, 1.807) is 6.92 Å². The van der Waals surface area contributed by atoms with Crippen LogP contribution in [0.4, 0.5) is 14.7 Å². The number of aryl methyl sites for hydroxylation is 1. The number of anilines is 1. The number of hydrogen-bond donors (Lipinski definition) is 1. The zero-order valence-electron chi connectivity index (χ0n) is 9.71. The van der Waals surface area contributed by atoms with Gasteiger partial charge in [0, 0.05) is 11.8 Å². The number of nitrogens with one attached hydrogen (secondary N) is 1. The van der Waals surface area contributed by atoms with Gasteiger partial charge in [0.1, 0.15) is 8.24 Å². The topological polar surface area (TPSA) is 47.0 Å². The average Bonchev–Trinajstić information content (AvgIpc) is 1.96. The van der Waals surface area contributed by atoms with Gasteiger partial charge in [-0.05, 0) is 6.92 Å². The highest BCUT2D eigenvalue weighted by Crippen LogP contribution is 2.16. The number of halogens is 2. The minimum absolute atomic E-state index is 0.108. The zero-order valence-corrected chi connectivity index (χ0v) is 10.7. The van der Waals surface area contributed by atoms with Crippen LogP contribution in [0.5, 0.6) is 5.88 Å². The first-order chi connectivity index (χ1) is 7.26. The maximum Gasteiger partial charge on any atom is 0.388 e. The third-order valence-electron chi connectivity index (χ3n) is 1.53. The Morgan fingerprint density at radius 2 is 1.94 bits per heavy atom. The molecule has 0 aliphatic heterocycles. The molecule has 1 heterocycles. The van der Waals surface area contributed by atoms with Crippen molar-refractivity contribution >= 4 is 14.2 Å². The second kappa shape index (κ2) is 4.73.